The Morgan fingerprint density at radius 2 is 1.70 bits per heavy atom. The highest BCUT2D eigenvalue weighted by Gasteiger charge is 2.31. The number of nitrogens with one attached hydrogen (secondary N) is 1. The predicted molar refractivity (Wildman–Crippen MR) is 137 cm³/mol. The highest BCUT2D eigenvalue weighted by molar-refractivity contribution is 6.31. The van der Waals surface area contributed by atoms with E-state index in [9.17, 15) is 18.0 Å². The van der Waals surface area contributed by atoms with E-state index in [1.54, 1.807) is 18.0 Å². The van der Waals surface area contributed by atoms with E-state index in [0.717, 1.165) is 5.56 Å². The second-order valence-electron chi connectivity index (χ2n) is 9.33. The second-order valence-corrected chi connectivity index (χ2v) is 9.77. The highest BCUT2D eigenvalue weighted by Crippen LogP contribution is 2.25. The van der Waals surface area contributed by atoms with Crippen molar-refractivity contribution in [3.8, 4) is 11.5 Å². The van der Waals surface area contributed by atoms with E-state index in [-0.39, 0.29) is 35.9 Å². The molecule has 1 amide bonds. The average Bonchev–Trinajstić information content (AvgIpc) is 2.80. The van der Waals surface area contributed by atoms with Crippen LogP contribution in [0.25, 0.3) is 0 Å². The molecule has 0 radical (unpaired) electrons. The van der Waals surface area contributed by atoms with Gasteiger partial charge in [-0.1, -0.05) is 35.9 Å². The third kappa shape index (κ3) is 8.86. The molecule has 0 aliphatic carbocycles. The molecule has 0 saturated heterocycles. The summed E-state index contributed by atoms with van der Waals surface area (Å²) in [5, 5.41) is 3.21. The molecule has 0 spiro atoms. The Hall–Kier alpha value is -3.46. The fraction of sp³-hybridized carbons (Fsp3) is 0.333. The lowest BCUT2D eigenvalue weighted by molar-refractivity contribution is -0.274. The molecule has 0 atom stereocenters. The molecular weight excluding hydrogens is 507 g/mol. The SMILES string of the molecule is CNc1ncc(Cl)cc1C(=O)N(CCc1cccc(OC(F)(F)F)c1)Cc1ccc(OC(C)(C)C)cc1. The number of anilines is 1. The zero-order valence-electron chi connectivity index (χ0n) is 21.0. The van der Waals surface area contributed by atoms with Crippen molar-refractivity contribution in [1.82, 2.24) is 9.88 Å². The molecular formula is C27H29ClF3N3O3. The number of carbonyl (C=O) groups excluding carboxylic acids is 1. The number of ether oxygens (including phenoxy) is 2. The topological polar surface area (TPSA) is 63.7 Å². The van der Waals surface area contributed by atoms with Crippen LogP contribution in [0.4, 0.5) is 19.0 Å². The molecule has 1 aromatic heterocycles. The Morgan fingerprint density at radius 1 is 1.00 bits per heavy atom. The summed E-state index contributed by atoms with van der Waals surface area (Å²) < 4.78 is 47.8. The third-order valence-corrected chi connectivity index (χ3v) is 5.34. The molecule has 6 nitrogen and oxygen atoms in total. The molecule has 0 unspecified atom stereocenters. The van der Waals surface area contributed by atoms with Crippen molar-refractivity contribution in [3.63, 3.8) is 0 Å². The van der Waals surface area contributed by atoms with Crippen LogP contribution in [0.5, 0.6) is 11.5 Å². The number of alkyl halides is 3. The normalized spacial score (nSPS) is 11.7. The molecule has 0 fully saturated rings. The van der Waals surface area contributed by atoms with Crippen LogP contribution >= 0.6 is 11.6 Å². The van der Waals surface area contributed by atoms with Crippen molar-refractivity contribution >= 4 is 23.3 Å². The summed E-state index contributed by atoms with van der Waals surface area (Å²) in [6.07, 6.45) is -3.05. The summed E-state index contributed by atoms with van der Waals surface area (Å²) in [5.74, 6) is 0.437. The predicted octanol–water partition coefficient (Wildman–Crippen LogP) is 6.74. The number of halogens is 4. The standard InChI is InChI=1S/C27H29ClF3N3O3/c1-26(2,3)36-21-10-8-19(9-11-21)17-34(25(35)23-15-20(28)16-33-24(23)32-4)13-12-18-6-5-7-22(14-18)37-27(29,30)31/h5-11,14-16H,12-13,17H2,1-4H3,(H,32,33). The van der Waals surface area contributed by atoms with Crippen molar-refractivity contribution < 1.29 is 27.4 Å². The minimum Gasteiger partial charge on any atom is -0.488 e. The summed E-state index contributed by atoms with van der Waals surface area (Å²) in [7, 11) is 1.65. The van der Waals surface area contributed by atoms with Gasteiger partial charge in [-0.25, -0.2) is 4.98 Å². The van der Waals surface area contributed by atoms with Gasteiger partial charge in [-0.2, -0.15) is 0 Å². The van der Waals surface area contributed by atoms with Crippen LogP contribution in [0.1, 0.15) is 42.3 Å². The van der Waals surface area contributed by atoms with E-state index < -0.39 is 6.36 Å². The van der Waals surface area contributed by atoms with E-state index in [1.807, 2.05) is 45.0 Å². The number of benzene rings is 2. The van der Waals surface area contributed by atoms with Crippen LogP contribution in [-0.2, 0) is 13.0 Å². The second kappa shape index (κ2) is 11.7. The van der Waals surface area contributed by atoms with Gasteiger partial charge in [-0.3, -0.25) is 4.79 Å². The van der Waals surface area contributed by atoms with E-state index in [4.69, 9.17) is 16.3 Å². The van der Waals surface area contributed by atoms with Gasteiger partial charge < -0.3 is 19.7 Å². The molecule has 3 rings (SSSR count). The largest absolute Gasteiger partial charge is 0.573 e. The first kappa shape index (κ1) is 28.1. The van der Waals surface area contributed by atoms with Crippen LogP contribution in [0, 0.1) is 0 Å². The fourth-order valence-electron chi connectivity index (χ4n) is 3.62. The Kier molecular flexibility index (Phi) is 8.91. The lowest BCUT2D eigenvalue weighted by Crippen LogP contribution is -2.33. The van der Waals surface area contributed by atoms with E-state index in [0.29, 0.717) is 28.6 Å². The van der Waals surface area contributed by atoms with Gasteiger partial charge in [0.1, 0.15) is 22.9 Å². The Bertz CT molecular complexity index is 1210. The minimum absolute atomic E-state index is 0.226. The Morgan fingerprint density at radius 3 is 2.32 bits per heavy atom. The van der Waals surface area contributed by atoms with Gasteiger partial charge in [0.25, 0.3) is 5.91 Å². The molecule has 0 bridgehead atoms. The molecule has 0 aliphatic rings. The number of carbonyl (C=O) groups is 1. The van der Waals surface area contributed by atoms with Gasteiger partial charge in [0.2, 0.25) is 0 Å². The van der Waals surface area contributed by atoms with Crippen molar-refractivity contribution in [3.05, 3.63) is 82.5 Å². The number of nitrogens with zero attached hydrogens (tertiary/aromatic N) is 2. The lowest BCUT2D eigenvalue weighted by Gasteiger charge is -2.25. The average molecular weight is 536 g/mol. The first-order chi connectivity index (χ1) is 17.3. The summed E-state index contributed by atoms with van der Waals surface area (Å²) in [6.45, 7) is 6.34. The molecule has 37 heavy (non-hydrogen) atoms. The van der Waals surface area contributed by atoms with Crippen molar-refractivity contribution in [2.45, 2.75) is 45.7 Å². The van der Waals surface area contributed by atoms with Crippen LogP contribution in [0.15, 0.2) is 60.8 Å². The van der Waals surface area contributed by atoms with Gasteiger partial charge >= 0.3 is 6.36 Å². The molecule has 0 saturated carbocycles. The van der Waals surface area contributed by atoms with Crippen molar-refractivity contribution in [2.75, 3.05) is 18.9 Å². The molecule has 10 heteroatoms. The zero-order chi connectivity index (χ0) is 27.2. The number of aromatic nitrogens is 1. The van der Waals surface area contributed by atoms with Crippen molar-refractivity contribution in [1.29, 1.82) is 0 Å². The minimum atomic E-state index is -4.79. The summed E-state index contributed by atoms with van der Waals surface area (Å²) >= 11 is 6.12. The van der Waals surface area contributed by atoms with E-state index in [2.05, 4.69) is 15.0 Å². The zero-order valence-corrected chi connectivity index (χ0v) is 21.8. The number of hydrogen-bond acceptors (Lipinski definition) is 5. The smallest absolute Gasteiger partial charge is 0.488 e. The molecule has 0 aliphatic heterocycles. The van der Waals surface area contributed by atoms with Crippen LogP contribution in [-0.4, -0.2) is 41.3 Å². The molecule has 3 aromatic rings. The maximum Gasteiger partial charge on any atom is 0.573 e. The first-order valence-corrected chi connectivity index (χ1v) is 12.0. The van der Waals surface area contributed by atoms with Gasteiger partial charge in [-0.05, 0) is 68.7 Å². The summed E-state index contributed by atoms with van der Waals surface area (Å²) in [6, 6.07) is 14.7. The van der Waals surface area contributed by atoms with E-state index in [1.165, 1.54) is 30.5 Å². The summed E-state index contributed by atoms with van der Waals surface area (Å²) in [4.78, 5) is 19.4. The Balaban J connectivity index is 1.85. The lowest BCUT2D eigenvalue weighted by atomic mass is 10.1. The number of rotatable bonds is 9. The van der Waals surface area contributed by atoms with Crippen molar-refractivity contribution in [2.24, 2.45) is 0 Å². The number of amides is 1. The van der Waals surface area contributed by atoms with Gasteiger partial charge in [0.05, 0.1) is 10.6 Å². The number of pyridine rings is 1. The van der Waals surface area contributed by atoms with Gasteiger partial charge in [0.15, 0.2) is 0 Å². The third-order valence-electron chi connectivity index (χ3n) is 5.13. The quantitative estimate of drug-likeness (QED) is 0.329. The van der Waals surface area contributed by atoms with Gasteiger partial charge in [0, 0.05) is 26.3 Å². The Labute approximate surface area is 219 Å². The van der Waals surface area contributed by atoms with Crippen LogP contribution in [0.3, 0.4) is 0 Å². The van der Waals surface area contributed by atoms with Crippen LogP contribution in [0.2, 0.25) is 5.02 Å². The molecule has 198 valence electrons. The highest BCUT2D eigenvalue weighted by atomic mass is 35.5. The monoisotopic (exact) mass is 535 g/mol. The number of hydrogen-bond donors (Lipinski definition) is 1. The van der Waals surface area contributed by atoms with E-state index >= 15 is 0 Å². The fourth-order valence-corrected chi connectivity index (χ4v) is 3.78. The molecule has 1 heterocycles. The first-order valence-electron chi connectivity index (χ1n) is 11.6. The molecule has 1 N–H and O–H groups in total. The van der Waals surface area contributed by atoms with Gasteiger partial charge in [-0.15, -0.1) is 13.2 Å². The maximum absolute atomic E-state index is 13.6. The maximum atomic E-state index is 13.6. The van der Waals surface area contributed by atoms with Crippen LogP contribution < -0.4 is 14.8 Å². The summed E-state index contributed by atoms with van der Waals surface area (Å²) in [5.41, 5.74) is 1.38. The molecule has 2 aromatic carbocycles.